The molecule has 0 aliphatic carbocycles. The Morgan fingerprint density at radius 2 is 1.91 bits per heavy atom. The fourth-order valence-electron chi connectivity index (χ4n) is 2.53. The molecule has 0 radical (unpaired) electrons. The number of rotatable bonds is 1. The Morgan fingerprint density at radius 1 is 1.27 bits per heavy atom. The van der Waals surface area contributed by atoms with Gasteiger partial charge in [0.1, 0.15) is 5.60 Å². The van der Waals surface area contributed by atoms with Crippen LogP contribution in [0, 0.1) is 11.3 Å². The molecule has 1 atom stereocenters. The van der Waals surface area contributed by atoms with Gasteiger partial charge in [-0.2, -0.15) is 5.26 Å². The van der Waals surface area contributed by atoms with Gasteiger partial charge in [0.25, 0.3) is 0 Å². The zero-order chi connectivity index (χ0) is 16.3. The lowest BCUT2D eigenvalue weighted by Gasteiger charge is -2.41. The Balaban J connectivity index is 2.00. The number of anilines is 1. The van der Waals surface area contributed by atoms with E-state index in [-0.39, 0.29) is 12.1 Å². The van der Waals surface area contributed by atoms with Gasteiger partial charge in [0.05, 0.1) is 11.6 Å². The highest BCUT2D eigenvalue weighted by molar-refractivity contribution is 5.69. The third-order valence-electron chi connectivity index (χ3n) is 3.62. The standard InChI is InChI=1S/C17H23N3O2/c1-13-12-19(15-7-5-14(11-18)6-8-15)9-10-20(13)16(21)22-17(2,3)4/h5-8,13H,9-10,12H2,1-4H3/t13-/m1/s1. The Hall–Kier alpha value is -2.22. The van der Waals surface area contributed by atoms with Crippen LogP contribution in [0.15, 0.2) is 24.3 Å². The van der Waals surface area contributed by atoms with E-state index in [1.165, 1.54) is 0 Å². The van der Waals surface area contributed by atoms with Crippen molar-refractivity contribution in [2.45, 2.75) is 39.3 Å². The minimum atomic E-state index is -0.471. The van der Waals surface area contributed by atoms with E-state index in [1.54, 1.807) is 4.90 Å². The summed E-state index contributed by atoms with van der Waals surface area (Å²) in [4.78, 5) is 16.2. The maximum atomic E-state index is 12.2. The van der Waals surface area contributed by atoms with Gasteiger partial charge in [-0.15, -0.1) is 0 Å². The molecular weight excluding hydrogens is 278 g/mol. The molecule has 0 saturated carbocycles. The molecule has 1 heterocycles. The predicted molar refractivity (Wildman–Crippen MR) is 85.8 cm³/mol. The second-order valence-electron chi connectivity index (χ2n) is 6.63. The third-order valence-corrected chi connectivity index (χ3v) is 3.62. The summed E-state index contributed by atoms with van der Waals surface area (Å²) in [5, 5.41) is 8.85. The SMILES string of the molecule is C[C@@H]1CN(c2ccc(C#N)cc2)CCN1C(=O)OC(C)(C)C. The summed E-state index contributed by atoms with van der Waals surface area (Å²) in [5.74, 6) is 0. The summed E-state index contributed by atoms with van der Waals surface area (Å²) in [7, 11) is 0. The molecule has 1 fully saturated rings. The number of carbonyl (C=O) groups is 1. The zero-order valence-corrected chi connectivity index (χ0v) is 13.7. The summed E-state index contributed by atoms with van der Waals surface area (Å²) >= 11 is 0. The number of amides is 1. The lowest BCUT2D eigenvalue weighted by atomic mass is 10.1. The summed E-state index contributed by atoms with van der Waals surface area (Å²) in [6, 6.07) is 9.75. The van der Waals surface area contributed by atoms with Gasteiger partial charge in [0.2, 0.25) is 0 Å². The van der Waals surface area contributed by atoms with Gasteiger partial charge in [-0.25, -0.2) is 4.79 Å². The molecular formula is C17H23N3O2. The fourth-order valence-corrected chi connectivity index (χ4v) is 2.53. The third kappa shape index (κ3) is 3.91. The van der Waals surface area contributed by atoms with Crippen LogP contribution in [-0.4, -0.2) is 42.3 Å². The van der Waals surface area contributed by atoms with E-state index in [4.69, 9.17) is 10.00 Å². The molecule has 5 heteroatoms. The zero-order valence-electron chi connectivity index (χ0n) is 13.7. The number of piperazine rings is 1. The van der Waals surface area contributed by atoms with Crippen LogP contribution in [0.3, 0.4) is 0 Å². The Bertz CT molecular complexity index is 569. The highest BCUT2D eigenvalue weighted by Crippen LogP contribution is 2.21. The van der Waals surface area contributed by atoms with Gasteiger partial charge < -0.3 is 14.5 Å². The van der Waals surface area contributed by atoms with Gasteiger partial charge in [0.15, 0.2) is 0 Å². The highest BCUT2D eigenvalue weighted by Gasteiger charge is 2.30. The van der Waals surface area contributed by atoms with Gasteiger partial charge >= 0.3 is 6.09 Å². The molecule has 1 aromatic carbocycles. The van der Waals surface area contributed by atoms with Crippen molar-refractivity contribution in [2.24, 2.45) is 0 Å². The quantitative estimate of drug-likeness (QED) is 0.800. The molecule has 0 bridgehead atoms. The Labute approximate surface area is 132 Å². The number of ether oxygens (including phenoxy) is 1. The van der Waals surface area contributed by atoms with Crippen LogP contribution in [0.4, 0.5) is 10.5 Å². The summed E-state index contributed by atoms with van der Waals surface area (Å²) < 4.78 is 5.45. The molecule has 5 nitrogen and oxygen atoms in total. The van der Waals surface area contributed by atoms with Crippen molar-refractivity contribution in [1.82, 2.24) is 4.90 Å². The maximum absolute atomic E-state index is 12.2. The Morgan fingerprint density at radius 3 is 2.41 bits per heavy atom. The highest BCUT2D eigenvalue weighted by atomic mass is 16.6. The van der Waals surface area contributed by atoms with Crippen LogP contribution in [0.1, 0.15) is 33.3 Å². The van der Waals surface area contributed by atoms with Crippen LogP contribution in [0.2, 0.25) is 0 Å². The van der Waals surface area contributed by atoms with Gasteiger partial charge in [-0.3, -0.25) is 0 Å². The lowest BCUT2D eigenvalue weighted by molar-refractivity contribution is 0.0159. The first kappa shape index (κ1) is 16.2. The number of benzene rings is 1. The molecule has 0 spiro atoms. The minimum Gasteiger partial charge on any atom is -0.444 e. The monoisotopic (exact) mass is 301 g/mol. The largest absolute Gasteiger partial charge is 0.444 e. The van der Waals surface area contributed by atoms with E-state index < -0.39 is 5.60 Å². The van der Waals surface area contributed by atoms with E-state index in [1.807, 2.05) is 52.0 Å². The van der Waals surface area contributed by atoms with Gasteiger partial charge in [-0.1, -0.05) is 0 Å². The van der Waals surface area contributed by atoms with Crippen molar-refractivity contribution in [3.63, 3.8) is 0 Å². The molecule has 1 saturated heterocycles. The smallest absolute Gasteiger partial charge is 0.410 e. The summed E-state index contributed by atoms with van der Waals surface area (Å²) in [6.45, 7) is 9.81. The summed E-state index contributed by atoms with van der Waals surface area (Å²) in [5.41, 5.74) is 1.26. The average molecular weight is 301 g/mol. The number of nitriles is 1. The van der Waals surface area contributed by atoms with E-state index in [9.17, 15) is 4.79 Å². The number of carbonyl (C=O) groups excluding carboxylic acids is 1. The first-order valence-corrected chi connectivity index (χ1v) is 7.55. The molecule has 0 N–H and O–H groups in total. The minimum absolute atomic E-state index is 0.0826. The molecule has 2 rings (SSSR count). The van der Waals surface area contributed by atoms with E-state index in [0.29, 0.717) is 12.1 Å². The van der Waals surface area contributed by atoms with Gasteiger partial charge in [0, 0.05) is 31.4 Å². The van der Waals surface area contributed by atoms with Crippen LogP contribution in [-0.2, 0) is 4.74 Å². The van der Waals surface area contributed by atoms with E-state index in [2.05, 4.69) is 11.0 Å². The predicted octanol–water partition coefficient (Wildman–Crippen LogP) is 3.00. The van der Waals surface area contributed by atoms with Crippen molar-refractivity contribution < 1.29 is 9.53 Å². The van der Waals surface area contributed by atoms with Gasteiger partial charge in [-0.05, 0) is 52.0 Å². The first-order chi connectivity index (χ1) is 10.3. The second kappa shape index (κ2) is 6.27. The molecule has 118 valence electrons. The molecule has 0 unspecified atom stereocenters. The molecule has 1 amide bonds. The normalized spacial score (nSPS) is 18.8. The van der Waals surface area contributed by atoms with Crippen LogP contribution < -0.4 is 4.90 Å². The van der Waals surface area contributed by atoms with Crippen molar-refractivity contribution in [3.8, 4) is 6.07 Å². The van der Waals surface area contributed by atoms with Crippen LogP contribution in [0.5, 0.6) is 0 Å². The fraction of sp³-hybridized carbons (Fsp3) is 0.529. The number of hydrogen-bond acceptors (Lipinski definition) is 4. The molecule has 1 aromatic rings. The van der Waals surface area contributed by atoms with Crippen LogP contribution >= 0.6 is 0 Å². The van der Waals surface area contributed by atoms with Crippen molar-refractivity contribution in [2.75, 3.05) is 24.5 Å². The van der Waals surface area contributed by atoms with Crippen molar-refractivity contribution >= 4 is 11.8 Å². The van der Waals surface area contributed by atoms with Crippen molar-refractivity contribution in [3.05, 3.63) is 29.8 Å². The summed E-state index contributed by atoms with van der Waals surface area (Å²) in [6.07, 6.45) is -0.250. The average Bonchev–Trinajstić information content (AvgIpc) is 2.45. The molecule has 1 aliphatic heterocycles. The number of nitrogens with zero attached hydrogens (tertiary/aromatic N) is 3. The second-order valence-corrected chi connectivity index (χ2v) is 6.63. The number of hydrogen-bond donors (Lipinski definition) is 0. The lowest BCUT2D eigenvalue weighted by Crippen LogP contribution is -2.55. The van der Waals surface area contributed by atoms with Crippen molar-refractivity contribution in [1.29, 1.82) is 5.26 Å². The van der Waals surface area contributed by atoms with E-state index in [0.717, 1.165) is 18.8 Å². The maximum Gasteiger partial charge on any atom is 0.410 e. The molecule has 22 heavy (non-hydrogen) atoms. The first-order valence-electron chi connectivity index (χ1n) is 7.55. The molecule has 1 aliphatic rings. The topological polar surface area (TPSA) is 56.6 Å². The van der Waals surface area contributed by atoms with Crippen LogP contribution in [0.25, 0.3) is 0 Å². The van der Waals surface area contributed by atoms with E-state index >= 15 is 0 Å². The Kier molecular flexibility index (Phi) is 4.60. The molecule has 0 aromatic heterocycles.